The number of halogens is 1. The lowest BCUT2D eigenvalue weighted by Gasteiger charge is -2.27. The van der Waals surface area contributed by atoms with Gasteiger partial charge in [0.1, 0.15) is 0 Å². The lowest BCUT2D eigenvalue weighted by atomic mass is 10.1. The van der Waals surface area contributed by atoms with Crippen LogP contribution >= 0.6 is 15.9 Å². The molecule has 4 heteroatoms. The van der Waals surface area contributed by atoms with Gasteiger partial charge in [-0.25, -0.2) is 0 Å². The molecule has 0 unspecified atom stereocenters. The Kier molecular flexibility index (Phi) is 4.99. The average molecular weight is 325 g/mol. The van der Waals surface area contributed by atoms with Crippen LogP contribution in [0.5, 0.6) is 0 Å². The zero-order valence-corrected chi connectivity index (χ0v) is 13.2. The Morgan fingerprint density at radius 3 is 2.63 bits per heavy atom. The van der Waals surface area contributed by atoms with Gasteiger partial charge in [-0.3, -0.25) is 9.69 Å². The molecule has 1 aliphatic rings. The van der Waals surface area contributed by atoms with Crippen molar-refractivity contribution in [1.29, 1.82) is 0 Å². The number of likely N-dealkylation sites (tertiary alicyclic amines) is 1. The summed E-state index contributed by atoms with van der Waals surface area (Å²) in [6, 6.07) is 4.16. The third kappa shape index (κ3) is 4.05. The Morgan fingerprint density at radius 2 is 2.00 bits per heavy atom. The van der Waals surface area contributed by atoms with E-state index in [1.807, 2.05) is 13.0 Å². The first-order valence-corrected chi connectivity index (χ1v) is 7.64. The molecule has 0 spiro atoms. The highest BCUT2D eigenvalue weighted by atomic mass is 79.9. The maximum atomic E-state index is 11.4. The molecule has 19 heavy (non-hydrogen) atoms. The predicted molar refractivity (Wildman–Crippen MR) is 82.3 cm³/mol. The fourth-order valence-corrected chi connectivity index (χ4v) is 3.27. The van der Waals surface area contributed by atoms with Crippen LogP contribution in [0.1, 0.15) is 37.3 Å². The molecular formula is C15H21BrN2O. The van der Waals surface area contributed by atoms with Gasteiger partial charge in [0.25, 0.3) is 0 Å². The maximum absolute atomic E-state index is 11.4. The van der Waals surface area contributed by atoms with Crippen LogP contribution in [0.3, 0.4) is 0 Å². The van der Waals surface area contributed by atoms with Crippen LogP contribution in [0.4, 0.5) is 5.69 Å². The molecule has 1 aromatic carbocycles. The number of piperidine rings is 1. The molecule has 0 aliphatic carbocycles. The van der Waals surface area contributed by atoms with Crippen molar-refractivity contribution >= 4 is 27.5 Å². The van der Waals surface area contributed by atoms with E-state index in [0.717, 1.165) is 35.4 Å². The Bertz CT molecular complexity index is 467. The van der Waals surface area contributed by atoms with Gasteiger partial charge in [-0.05, 0) is 56.1 Å². The van der Waals surface area contributed by atoms with Gasteiger partial charge in [0.2, 0.25) is 5.91 Å². The van der Waals surface area contributed by atoms with E-state index in [4.69, 9.17) is 0 Å². The van der Waals surface area contributed by atoms with Crippen LogP contribution < -0.4 is 5.32 Å². The fourth-order valence-electron chi connectivity index (χ4n) is 2.65. The Hall–Kier alpha value is -0.870. The van der Waals surface area contributed by atoms with Crippen molar-refractivity contribution in [2.24, 2.45) is 0 Å². The summed E-state index contributed by atoms with van der Waals surface area (Å²) in [4.78, 5) is 13.8. The van der Waals surface area contributed by atoms with E-state index in [1.165, 1.54) is 24.8 Å². The zero-order valence-electron chi connectivity index (χ0n) is 11.6. The Labute approximate surface area is 123 Å². The van der Waals surface area contributed by atoms with Gasteiger partial charge in [-0.1, -0.05) is 22.4 Å². The standard InChI is InChI=1S/C15H21BrN2O/c1-11-8-14(16)9-13(15(11)17-12(2)19)10-18-6-4-3-5-7-18/h8-9H,3-7,10H2,1-2H3,(H,17,19). The highest BCUT2D eigenvalue weighted by Crippen LogP contribution is 2.27. The van der Waals surface area contributed by atoms with Crippen molar-refractivity contribution < 1.29 is 4.79 Å². The molecule has 1 aromatic rings. The molecule has 1 N–H and O–H groups in total. The smallest absolute Gasteiger partial charge is 0.221 e. The molecule has 0 aromatic heterocycles. The molecule has 1 aliphatic heterocycles. The van der Waals surface area contributed by atoms with Crippen molar-refractivity contribution in [3.05, 3.63) is 27.7 Å². The summed E-state index contributed by atoms with van der Waals surface area (Å²) in [5.74, 6) is -0.00897. The van der Waals surface area contributed by atoms with Gasteiger partial charge in [0.05, 0.1) is 0 Å². The number of nitrogens with one attached hydrogen (secondary N) is 1. The van der Waals surface area contributed by atoms with E-state index in [9.17, 15) is 4.79 Å². The second-order valence-electron chi connectivity index (χ2n) is 5.27. The van der Waals surface area contributed by atoms with E-state index in [2.05, 4.69) is 32.2 Å². The minimum atomic E-state index is -0.00897. The summed E-state index contributed by atoms with van der Waals surface area (Å²) >= 11 is 3.55. The first-order valence-electron chi connectivity index (χ1n) is 6.85. The fraction of sp³-hybridized carbons (Fsp3) is 0.533. The summed E-state index contributed by atoms with van der Waals surface area (Å²) < 4.78 is 1.08. The third-order valence-corrected chi connectivity index (χ3v) is 3.98. The van der Waals surface area contributed by atoms with Gasteiger partial charge < -0.3 is 5.32 Å². The average Bonchev–Trinajstić information content (AvgIpc) is 2.34. The molecule has 1 heterocycles. The molecule has 104 valence electrons. The number of aryl methyl sites for hydroxylation is 1. The number of hydrogen-bond acceptors (Lipinski definition) is 2. The van der Waals surface area contributed by atoms with Gasteiger partial charge in [-0.15, -0.1) is 0 Å². The second-order valence-corrected chi connectivity index (χ2v) is 6.19. The number of rotatable bonds is 3. The number of hydrogen-bond donors (Lipinski definition) is 1. The minimum absolute atomic E-state index is 0.00897. The second kappa shape index (κ2) is 6.53. The van der Waals surface area contributed by atoms with E-state index in [1.54, 1.807) is 6.92 Å². The molecule has 3 nitrogen and oxygen atoms in total. The zero-order chi connectivity index (χ0) is 13.8. The number of anilines is 1. The number of benzene rings is 1. The SMILES string of the molecule is CC(=O)Nc1c(C)cc(Br)cc1CN1CCCCC1. The van der Waals surface area contributed by atoms with E-state index < -0.39 is 0 Å². The van der Waals surface area contributed by atoms with Crippen LogP contribution in [-0.4, -0.2) is 23.9 Å². The molecule has 1 fully saturated rings. The Morgan fingerprint density at radius 1 is 1.32 bits per heavy atom. The highest BCUT2D eigenvalue weighted by molar-refractivity contribution is 9.10. The summed E-state index contributed by atoms with van der Waals surface area (Å²) in [5, 5.41) is 2.97. The number of nitrogens with zero attached hydrogens (tertiary/aromatic N) is 1. The molecule has 1 saturated heterocycles. The van der Waals surface area contributed by atoms with Crippen LogP contribution in [-0.2, 0) is 11.3 Å². The molecule has 0 bridgehead atoms. The lowest BCUT2D eigenvalue weighted by molar-refractivity contribution is -0.114. The summed E-state index contributed by atoms with van der Waals surface area (Å²) in [6.07, 6.45) is 3.90. The monoisotopic (exact) mass is 324 g/mol. The van der Waals surface area contributed by atoms with Crippen LogP contribution in [0.15, 0.2) is 16.6 Å². The van der Waals surface area contributed by atoms with Crippen molar-refractivity contribution in [2.45, 2.75) is 39.7 Å². The topological polar surface area (TPSA) is 32.3 Å². The summed E-state index contributed by atoms with van der Waals surface area (Å²) in [6.45, 7) is 6.83. The van der Waals surface area contributed by atoms with Gasteiger partial charge in [0.15, 0.2) is 0 Å². The first-order chi connectivity index (χ1) is 9.06. The molecule has 0 atom stereocenters. The minimum Gasteiger partial charge on any atom is -0.326 e. The van der Waals surface area contributed by atoms with Gasteiger partial charge >= 0.3 is 0 Å². The quantitative estimate of drug-likeness (QED) is 0.919. The first kappa shape index (κ1) is 14.5. The third-order valence-electron chi connectivity index (χ3n) is 3.53. The largest absolute Gasteiger partial charge is 0.326 e. The van der Waals surface area contributed by atoms with E-state index >= 15 is 0 Å². The van der Waals surface area contributed by atoms with Crippen LogP contribution in [0, 0.1) is 6.92 Å². The van der Waals surface area contributed by atoms with Crippen molar-refractivity contribution in [1.82, 2.24) is 4.90 Å². The molecule has 1 amide bonds. The van der Waals surface area contributed by atoms with Crippen molar-refractivity contribution in [3.8, 4) is 0 Å². The molecule has 0 radical (unpaired) electrons. The summed E-state index contributed by atoms with van der Waals surface area (Å²) in [5.41, 5.74) is 3.28. The maximum Gasteiger partial charge on any atom is 0.221 e. The summed E-state index contributed by atoms with van der Waals surface area (Å²) in [7, 11) is 0. The molecular weight excluding hydrogens is 304 g/mol. The lowest BCUT2D eigenvalue weighted by Crippen LogP contribution is -2.29. The number of carbonyl (C=O) groups is 1. The molecule has 2 rings (SSSR count). The van der Waals surface area contributed by atoms with Crippen molar-refractivity contribution in [2.75, 3.05) is 18.4 Å². The molecule has 0 saturated carbocycles. The van der Waals surface area contributed by atoms with Gasteiger partial charge in [0, 0.05) is 23.6 Å². The van der Waals surface area contributed by atoms with E-state index in [0.29, 0.717) is 0 Å². The van der Waals surface area contributed by atoms with Crippen LogP contribution in [0.25, 0.3) is 0 Å². The van der Waals surface area contributed by atoms with Crippen molar-refractivity contribution in [3.63, 3.8) is 0 Å². The Balaban J connectivity index is 2.23. The normalized spacial score (nSPS) is 16.4. The predicted octanol–water partition coefficient (Wildman–Crippen LogP) is 3.70. The van der Waals surface area contributed by atoms with E-state index in [-0.39, 0.29) is 5.91 Å². The van der Waals surface area contributed by atoms with Gasteiger partial charge in [-0.2, -0.15) is 0 Å². The highest BCUT2D eigenvalue weighted by Gasteiger charge is 2.15. The van der Waals surface area contributed by atoms with Crippen LogP contribution in [0.2, 0.25) is 0 Å². The number of carbonyl (C=O) groups excluding carboxylic acids is 1. The number of amides is 1.